The molecule has 4 aliphatic rings. The predicted octanol–water partition coefficient (Wildman–Crippen LogP) is 5.34. The lowest BCUT2D eigenvalue weighted by atomic mass is 9.44. The van der Waals surface area contributed by atoms with E-state index < -0.39 is 5.60 Å². The fourth-order valence-electron chi connectivity index (χ4n) is 7.40. The zero-order valence-electron chi connectivity index (χ0n) is 14.8. The van der Waals surface area contributed by atoms with Crippen LogP contribution in [0.5, 0.6) is 0 Å². The maximum atomic E-state index is 11.0. The molecule has 4 aliphatic carbocycles. The van der Waals surface area contributed by atoms with Crippen LogP contribution in [-0.4, -0.2) is 10.7 Å². The summed E-state index contributed by atoms with van der Waals surface area (Å²) >= 11 is 0. The lowest BCUT2D eigenvalue weighted by Gasteiger charge is -2.61. The van der Waals surface area contributed by atoms with Gasteiger partial charge >= 0.3 is 0 Å². The maximum Gasteiger partial charge on any atom is 0.0675 e. The molecular formula is C21H34O. The molecule has 0 heterocycles. The van der Waals surface area contributed by atoms with Gasteiger partial charge in [-0.1, -0.05) is 26.0 Å². The third kappa shape index (κ3) is 1.81. The molecule has 0 radical (unpaired) electrons. The molecule has 0 bridgehead atoms. The fourth-order valence-corrected chi connectivity index (χ4v) is 7.40. The van der Waals surface area contributed by atoms with Gasteiger partial charge in [0.05, 0.1) is 5.60 Å². The molecule has 0 aromatic heterocycles. The summed E-state index contributed by atoms with van der Waals surface area (Å²) < 4.78 is 0. The molecule has 0 aliphatic heterocycles. The van der Waals surface area contributed by atoms with E-state index in [1.807, 2.05) is 0 Å². The first-order valence-corrected chi connectivity index (χ1v) is 9.67. The average molecular weight is 303 g/mol. The van der Waals surface area contributed by atoms with Gasteiger partial charge in [-0.2, -0.15) is 0 Å². The molecule has 4 saturated carbocycles. The summed E-state index contributed by atoms with van der Waals surface area (Å²) in [7, 11) is 0. The van der Waals surface area contributed by atoms with Crippen molar-refractivity contribution in [3.8, 4) is 0 Å². The van der Waals surface area contributed by atoms with Crippen molar-refractivity contribution in [1.29, 1.82) is 0 Å². The minimum Gasteiger partial charge on any atom is -0.390 e. The monoisotopic (exact) mass is 302 g/mol. The molecule has 1 N–H and O–H groups in total. The van der Waals surface area contributed by atoms with E-state index in [9.17, 15) is 5.11 Å². The molecule has 4 rings (SSSR count). The Morgan fingerprint density at radius 1 is 0.955 bits per heavy atom. The van der Waals surface area contributed by atoms with Gasteiger partial charge in [-0.15, -0.1) is 0 Å². The van der Waals surface area contributed by atoms with Crippen LogP contribution in [0.3, 0.4) is 0 Å². The number of aliphatic hydroxyl groups is 1. The van der Waals surface area contributed by atoms with Gasteiger partial charge in [0.15, 0.2) is 0 Å². The Balaban J connectivity index is 1.65. The highest BCUT2D eigenvalue weighted by molar-refractivity contribution is 5.15. The van der Waals surface area contributed by atoms with E-state index in [-0.39, 0.29) is 5.41 Å². The molecule has 1 nitrogen and oxygen atoms in total. The summed E-state index contributed by atoms with van der Waals surface area (Å²) in [6, 6.07) is 0. The summed E-state index contributed by atoms with van der Waals surface area (Å²) in [6.45, 7) is 11.4. The largest absolute Gasteiger partial charge is 0.390 e. The molecule has 0 aromatic rings. The van der Waals surface area contributed by atoms with Crippen molar-refractivity contribution in [2.45, 2.75) is 84.2 Å². The Bertz CT molecular complexity index is 492. The Hall–Kier alpha value is -0.300. The van der Waals surface area contributed by atoms with Gasteiger partial charge in [-0.05, 0) is 99.2 Å². The van der Waals surface area contributed by atoms with Crippen LogP contribution >= 0.6 is 0 Å². The van der Waals surface area contributed by atoms with E-state index in [1.165, 1.54) is 56.9 Å². The van der Waals surface area contributed by atoms with Crippen molar-refractivity contribution >= 4 is 0 Å². The van der Waals surface area contributed by atoms with Crippen molar-refractivity contribution in [1.82, 2.24) is 0 Å². The highest BCUT2D eigenvalue weighted by Gasteiger charge is 2.62. The molecule has 0 saturated heterocycles. The van der Waals surface area contributed by atoms with E-state index in [1.54, 1.807) is 0 Å². The number of allylic oxidation sites excluding steroid dienone is 1. The minimum atomic E-state index is -0.429. The molecule has 3 unspecified atom stereocenters. The van der Waals surface area contributed by atoms with Gasteiger partial charge in [0.25, 0.3) is 0 Å². The quantitative estimate of drug-likeness (QED) is 0.599. The summed E-state index contributed by atoms with van der Waals surface area (Å²) in [4.78, 5) is 0. The van der Waals surface area contributed by atoms with E-state index in [0.29, 0.717) is 5.41 Å². The van der Waals surface area contributed by atoms with Crippen LogP contribution in [0.1, 0.15) is 78.6 Å². The summed E-state index contributed by atoms with van der Waals surface area (Å²) in [6.07, 6.45) is 11.6. The van der Waals surface area contributed by atoms with Crippen LogP contribution in [-0.2, 0) is 0 Å². The van der Waals surface area contributed by atoms with Crippen molar-refractivity contribution in [3.05, 3.63) is 12.2 Å². The first-order chi connectivity index (χ1) is 10.3. The van der Waals surface area contributed by atoms with E-state index in [2.05, 4.69) is 27.4 Å². The molecule has 7 atom stereocenters. The van der Waals surface area contributed by atoms with Gasteiger partial charge in [0, 0.05) is 0 Å². The van der Waals surface area contributed by atoms with Crippen LogP contribution in [0.15, 0.2) is 12.2 Å². The first kappa shape index (κ1) is 15.2. The van der Waals surface area contributed by atoms with Crippen molar-refractivity contribution < 1.29 is 5.11 Å². The Labute approximate surface area is 136 Å². The fraction of sp³-hybridized carbons (Fsp3) is 0.905. The zero-order valence-corrected chi connectivity index (χ0v) is 14.8. The third-order valence-corrected chi connectivity index (χ3v) is 9.18. The van der Waals surface area contributed by atoms with Crippen molar-refractivity contribution in [3.63, 3.8) is 0 Å². The van der Waals surface area contributed by atoms with Gasteiger partial charge < -0.3 is 5.11 Å². The molecule has 0 spiro atoms. The molecule has 22 heavy (non-hydrogen) atoms. The lowest BCUT2D eigenvalue weighted by Crippen LogP contribution is -2.55. The Kier molecular flexibility index (Phi) is 3.20. The van der Waals surface area contributed by atoms with Crippen LogP contribution in [0, 0.1) is 34.5 Å². The first-order valence-electron chi connectivity index (χ1n) is 9.67. The van der Waals surface area contributed by atoms with E-state index >= 15 is 0 Å². The molecule has 1 heteroatoms. The van der Waals surface area contributed by atoms with Gasteiger partial charge in [0.2, 0.25) is 0 Å². The van der Waals surface area contributed by atoms with Gasteiger partial charge in [0.1, 0.15) is 0 Å². The second-order valence-electron chi connectivity index (χ2n) is 9.88. The molecule has 0 amide bonds. The predicted molar refractivity (Wildman–Crippen MR) is 91.5 cm³/mol. The zero-order chi connectivity index (χ0) is 15.8. The van der Waals surface area contributed by atoms with Crippen LogP contribution in [0.4, 0.5) is 0 Å². The van der Waals surface area contributed by atoms with Crippen molar-refractivity contribution in [2.24, 2.45) is 34.5 Å². The van der Waals surface area contributed by atoms with E-state index in [0.717, 1.165) is 30.1 Å². The molecule has 0 aromatic carbocycles. The van der Waals surface area contributed by atoms with Crippen LogP contribution < -0.4 is 0 Å². The Morgan fingerprint density at radius 3 is 2.45 bits per heavy atom. The minimum absolute atomic E-state index is 0.176. The number of hydrogen-bond acceptors (Lipinski definition) is 1. The second-order valence-corrected chi connectivity index (χ2v) is 9.88. The van der Waals surface area contributed by atoms with E-state index in [4.69, 9.17) is 0 Å². The second kappa shape index (κ2) is 4.62. The smallest absolute Gasteiger partial charge is 0.0675 e. The van der Waals surface area contributed by atoms with Crippen LogP contribution in [0.25, 0.3) is 0 Å². The highest BCUT2D eigenvalue weighted by atomic mass is 16.3. The lowest BCUT2D eigenvalue weighted by molar-refractivity contribution is -0.142. The van der Waals surface area contributed by atoms with Crippen molar-refractivity contribution in [2.75, 3.05) is 0 Å². The van der Waals surface area contributed by atoms with Crippen LogP contribution in [0.2, 0.25) is 0 Å². The SMILES string of the molecule is C=C1CC[C@]2(C)C3CC[C@@]4(C)C(CC[C@]4(C)O)C3CC[C@H]2C1. The Morgan fingerprint density at radius 2 is 1.68 bits per heavy atom. The standard InChI is InChI=1S/C21H34O/c1-14-7-10-19(2)15(13-14)5-6-16-17(19)8-11-20(3)18(16)9-12-21(20,4)22/h15-18,22H,1,5-13H2,2-4H3/t15-,16?,17?,18?,19-,20-,21-/m0/s1. The average Bonchev–Trinajstić information content (AvgIpc) is 2.70. The van der Waals surface area contributed by atoms with Gasteiger partial charge in [-0.3, -0.25) is 0 Å². The topological polar surface area (TPSA) is 20.2 Å². The maximum absolute atomic E-state index is 11.0. The highest BCUT2D eigenvalue weighted by Crippen LogP contribution is 2.68. The summed E-state index contributed by atoms with van der Waals surface area (Å²) in [5.41, 5.74) is 1.81. The molecule has 4 fully saturated rings. The molecule has 124 valence electrons. The normalized spacial score (nSPS) is 57.9. The molecular weight excluding hydrogens is 268 g/mol. The third-order valence-electron chi connectivity index (χ3n) is 9.18. The number of fused-ring (bicyclic) bond motifs is 5. The summed E-state index contributed by atoms with van der Waals surface area (Å²) in [5.74, 6) is 3.44. The van der Waals surface area contributed by atoms with Gasteiger partial charge in [-0.25, -0.2) is 0 Å². The summed E-state index contributed by atoms with van der Waals surface area (Å²) in [5, 5.41) is 11.0. The number of hydrogen-bond donors (Lipinski definition) is 1. The number of rotatable bonds is 0.